The molecule has 3 aromatic carbocycles. The maximum atomic E-state index is 6.20. The third-order valence-corrected chi connectivity index (χ3v) is 4.46. The van der Waals surface area contributed by atoms with Crippen LogP contribution in [-0.4, -0.2) is 15.7 Å². The fraction of sp³-hybridized carbons (Fsp3) is 0.0455. The third kappa shape index (κ3) is 3.81. The van der Waals surface area contributed by atoms with E-state index < -0.39 is 0 Å². The van der Waals surface area contributed by atoms with Crippen LogP contribution < -0.4 is 5.43 Å². The molecular formula is C22H17ClN4. The van der Waals surface area contributed by atoms with Crippen molar-refractivity contribution >= 4 is 34.2 Å². The van der Waals surface area contributed by atoms with E-state index >= 15 is 0 Å². The SMILES string of the molecule is C/C(=N/Nc1nc(-c2ccccc2)c2cc(Cl)ccc2n1)c1ccccc1. The topological polar surface area (TPSA) is 50.2 Å². The lowest BCUT2D eigenvalue weighted by molar-refractivity contribution is 1.15. The summed E-state index contributed by atoms with van der Waals surface area (Å²) in [5.74, 6) is 0.443. The largest absolute Gasteiger partial charge is 0.245 e. The second-order valence-corrected chi connectivity index (χ2v) is 6.53. The van der Waals surface area contributed by atoms with Crippen LogP contribution in [0, 0.1) is 0 Å². The van der Waals surface area contributed by atoms with Gasteiger partial charge in [-0.2, -0.15) is 5.10 Å². The summed E-state index contributed by atoms with van der Waals surface area (Å²) in [6.07, 6.45) is 0. The van der Waals surface area contributed by atoms with Gasteiger partial charge < -0.3 is 0 Å². The smallest absolute Gasteiger partial charge is 0.244 e. The molecule has 0 bridgehead atoms. The number of aromatic nitrogens is 2. The first kappa shape index (κ1) is 17.2. The van der Waals surface area contributed by atoms with Gasteiger partial charge in [-0.05, 0) is 30.7 Å². The van der Waals surface area contributed by atoms with Crippen LogP contribution in [0.25, 0.3) is 22.2 Å². The first-order valence-corrected chi connectivity index (χ1v) is 8.97. The van der Waals surface area contributed by atoms with Crippen LogP contribution in [0.1, 0.15) is 12.5 Å². The molecule has 4 rings (SSSR count). The van der Waals surface area contributed by atoms with Crippen LogP contribution in [0.3, 0.4) is 0 Å². The van der Waals surface area contributed by atoms with Crippen molar-refractivity contribution in [3.8, 4) is 11.3 Å². The van der Waals surface area contributed by atoms with Crippen LogP contribution in [-0.2, 0) is 0 Å². The van der Waals surface area contributed by atoms with Crippen molar-refractivity contribution in [3.05, 3.63) is 89.4 Å². The summed E-state index contributed by atoms with van der Waals surface area (Å²) in [4.78, 5) is 9.27. The number of nitrogens with zero attached hydrogens (tertiary/aromatic N) is 3. The fourth-order valence-electron chi connectivity index (χ4n) is 2.84. The minimum absolute atomic E-state index is 0.443. The molecule has 0 saturated heterocycles. The molecular weight excluding hydrogens is 356 g/mol. The molecule has 0 spiro atoms. The molecule has 0 amide bonds. The van der Waals surface area contributed by atoms with Crippen molar-refractivity contribution in [3.63, 3.8) is 0 Å². The standard InChI is InChI=1S/C22H17ClN4/c1-15(16-8-4-2-5-9-16)26-27-22-24-20-13-12-18(23)14-19(20)21(25-22)17-10-6-3-7-11-17/h2-14H,1H3,(H,24,25,27)/b26-15-. The Balaban J connectivity index is 1.77. The molecule has 132 valence electrons. The van der Waals surface area contributed by atoms with Gasteiger partial charge in [0.2, 0.25) is 5.95 Å². The minimum Gasteiger partial charge on any atom is -0.245 e. The van der Waals surface area contributed by atoms with Gasteiger partial charge in [0.05, 0.1) is 16.9 Å². The Morgan fingerprint density at radius 1 is 0.889 bits per heavy atom. The van der Waals surface area contributed by atoms with Crippen molar-refractivity contribution in [1.29, 1.82) is 0 Å². The summed E-state index contributed by atoms with van der Waals surface area (Å²) >= 11 is 6.20. The minimum atomic E-state index is 0.443. The highest BCUT2D eigenvalue weighted by Crippen LogP contribution is 2.29. The Bertz CT molecular complexity index is 1110. The highest BCUT2D eigenvalue weighted by molar-refractivity contribution is 6.31. The fourth-order valence-corrected chi connectivity index (χ4v) is 3.02. The summed E-state index contributed by atoms with van der Waals surface area (Å²) in [5, 5.41) is 6.00. The zero-order valence-corrected chi connectivity index (χ0v) is 15.5. The molecule has 5 heteroatoms. The summed E-state index contributed by atoms with van der Waals surface area (Å²) < 4.78 is 0. The highest BCUT2D eigenvalue weighted by atomic mass is 35.5. The normalized spacial score (nSPS) is 11.6. The van der Waals surface area contributed by atoms with E-state index in [0.29, 0.717) is 11.0 Å². The summed E-state index contributed by atoms with van der Waals surface area (Å²) in [6, 6.07) is 25.6. The zero-order valence-electron chi connectivity index (χ0n) is 14.7. The molecule has 1 aromatic heterocycles. The predicted octanol–water partition coefficient (Wildman–Crippen LogP) is 5.79. The van der Waals surface area contributed by atoms with E-state index in [2.05, 4.69) is 20.5 Å². The van der Waals surface area contributed by atoms with Crippen molar-refractivity contribution in [2.75, 3.05) is 5.43 Å². The van der Waals surface area contributed by atoms with E-state index in [0.717, 1.165) is 33.4 Å². The Morgan fingerprint density at radius 3 is 2.33 bits per heavy atom. The molecule has 0 fully saturated rings. The van der Waals surface area contributed by atoms with Gasteiger partial charge in [0, 0.05) is 16.0 Å². The van der Waals surface area contributed by atoms with E-state index in [-0.39, 0.29) is 0 Å². The number of hydrogen-bond donors (Lipinski definition) is 1. The molecule has 0 aliphatic carbocycles. The van der Waals surface area contributed by atoms with Gasteiger partial charge in [-0.1, -0.05) is 72.3 Å². The van der Waals surface area contributed by atoms with Gasteiger partial charge in [-0.15, -0.1) is 0 Å². The number of rotatable bonds is 4. The van der Waals surface area contributed by atoms with Gasteiger partial charge in [0.1, 0.15) is 0 Å². The van der Waals surface area contributed by atoms with E-state index in [1.165, 1.54) is 0 Å². The van der Waals surface area contributed by atoms with E-state index in [1.54, 1.807) is 0 Å². The van der Waals surface area contributed by atoms with Crippen LogP contribution in [0.4, 0.5) is 5.95 Å². The molecule has 4 nitrogen and oxygen atoms in total. The molecule has 0 atom stereocenters. The van der Waals surface area contributed by atoms with Crippen molar-refractivity contribution < 1.29 is 0 Å². The lowest BCUT2D eigenvalue weighted by Crippen LogP contribution is -2.03. The Hall–Kier alpha value is -3.24. The van der Waals surface area contributed by atoms with Crippen molar-refractivity contribution in [2.24, 2.45) is 5.10 Å². The lowest BCUT2D eigenvalue weighted by atomic mass is 10.1. The first-order valence-electron chi connectivity index (χ1n) is 8.59. The Morgan fingerprint density at radius 2 is 1.59 bits per heavy atom. The molecule has 1 heterocycles. The third-order valence-electron chi connectivity index (χ3n) is 4.22. The van der Waals surface area contributed by atoms with Gasteiger partial charge >= 0.3 is 0 Å². The van der Waals surface area contributed by atoms with Crippen LogP contribution in [0.15, 0.2) is 84.0 Å². The molecule has 0 unspecified atom stereocenters. The maximum absolute atomic E-state index is 6.20. The summed E-state index contributed by atoms with van der Waals surface area (Å²) in [7, 11) is 0. The molecule has 0 radical (unpaired) electrons. The van der Waals surface area contributed by atoms with Crippen molar-refractivity contribution in [2.45, 2.75) is 6.92 Å². The number of hydrogen-bond acceptors (Lipinski definition) is 4. The first-order chi connectivity index (χ1) is 13.2. The molecule has 0 saturated carbocycles. The van der Waals surface area contributed by atoms with Gasteiger partial charge in [-0.25, -0.2) is 15.4 Å². The van der Waals surface area contributed by atoms with E-state index in [1.807, 2.05) is 85.8 Å². The van der Waals surface area contributed by atoms with Gasteiger partial charge in [-0.3, -0.25) is 0 Å². The number of anilines is 1. The van der Waals surface area contributed by atoms with Crippen molar-refractivity contribution in [1.82, 2.24) is 9.97 Å². The average Bonchev–Trinajstić information content (AvgIpc) is 2.73. The Labute approximate surface area is 162 Å². The predicted molar refractivity (Wildman–Crippen MR) is 112 cm³/mol. The quantitative estimate of drug-likeness (QED) is 0.364. The number of benzene rings is 3. The number of nitrogens with one attached hydrogen (secondary N) is 1. The molecule has 27 heavy (non-hydrogen) atoms. The molecule has 4 aromatic rings. The highest BCUT2D eigenvalue weighted by Gasteiger charge is 2.10. The summed E-state index contributed by atoms with van der Waals surface area (Å²) in [6.45, 7) is 1.95. The maximum Gasteiger partial charge on any atom is 0.244 e. The number of fused-ring (bicyclic) bond motifs is 1. The lowest BCUT2D eigenvalue weighted by Gasteiger charge is -2.09. The molecule has 0 aliphatic rings. The van der Waals surface area contributed by atoms with E-state index in [4.69, 9.17) is 11.6 Å². The monoisotopic (exact) mass is 372 g/mol. The van der Waals surface area contributed by atoms with Crippen LogP contribution >= 0.6 is 11.6 Å². The second kappa shape index (κ2) is 7.56. The van der Waals surface area contributed by atoms with E-state index in [9.17, 15) is 0 Å². The Kier molecular flexibility index (Phi) is 4.81. The number of halogens is 1. The summed E-state index contributed by atoms with van der Waals surface area (Å²) in [5.41, 5.74) is 7.52. The average molecular weight is 373 g/mol. The van der Waals surface area contributed by atoms with Crippen LogP contribution in [0.2, 0.25) is 5.02 Å². The number of hydrazone groups is 1. The molecule has 0 aliphatic heterocycles. The zero-order chi connectivity index (χ0) is 18.6. The van der Waals surface area contributed by atoms with Gasteiger partial charge in [0.15, 0.2) is 0 Å². The van der Waals surface area contributed by atoms with Crippen LogP contribution in [0.5, 0.6) is 0 Å². The molecule has 1 N–H and O–H groups in total. The van der Waals surface area contributed by atoms with Gasteiger partial charge in [0.25, 0.3) is 0 Å². The second-order valence-electron chi connectivity index (χ2n) is 6.10.